The average Bonchev–Trinajstić information content (AvgIpc) is 3.16. The summed E-state index contributed by atoms with van der Waals surface area (Å²) in [5.74, 6) is -0.415. The van der Waals surface area contributed by atoms with E-state index in [9.17, 15) is 22.8 Å². The van der Waals surface area contributed by atoms with Crippen molar-refractivity contribution < 1.29 is 36.3 Å². The second-order valence-electron chi connectivity index (χ2n) is 12.3. The lowest BCUT2D eigenvalue weighted by Gasteiger charge is -2.46. The summed E-state index contributed by atoms with van der Waals surface area (Å²) in [6.45, 7) is 12.1. The van der Waals surface area contributed by atoms with Crippen LogP contribution in [0.4, 0.5) is 18.9 Å². The zero-order chi connectivity index (χ0) is 28.8. The molecule has 2 aromatic rings. The number of anilines is 1. The third-order valence-electron chi connectivity index (χ3n) is 8.71. The number of esters is 1. The first-order valence-corrected chi connectivity index (χ1v) is 16.4. The average molecular weight is 569 g/mol. The Bertz CT molecular complexity index is 1230. The highest BCUT2D eigenvalue weighted by molar-refractivity contribution is 6.74. The smallest absolute Gasteiger partial charge is 0.416 e. The normalized spacial score (nSPS) is 22.8. The van der Waals surface area contributed by atoms with Crippen LogP contribution in [0.1, 0.15) is 69.0 Å². The molecular formula is C28H39F3N2O5Si. The van der Waals surface area contributed by atoms with Crippen LogP contribution in [0.15, 0.2) is 22.6 Å². The summed E-state index contributed by atoms with van der Waals surface area (Å²) in [6, 6.07) is 3.30. The number of furan rings is 1. The van der Waals surface area contributed by atoms with Gasteiger partial charge < -0.3 is 23.8 Å². The van der Waals surface area contributed by atoms with Crippen molar-refractivity contribution in [3.63, 3.8) is 0 Å². The maximum atomic E-state index is 13.4. The first-order chi connectivity index (χ1) is 18.1. The van der Waals surface area contributed by atoms with Gasteiger partial charge in [0.05, 0.1) is 18.4 Å². The standard InChI is InChI=1S/C28H39F3N2O5Si/c1-26(2,3)39(5,6)38-27(25(35)36-4)12-9-18(10-13-27)11-15-33-16-14-32-24(34)23-22(33)20-17-19(28(29,30)31)7-8-21(20)37-23/h7-8,17-18H,9-16H2,1-6H3,(H,32,34). The van der Waals surface area contributed by atoms with Crippen molar-refractivity contribution in [1.29, 1.82) is 0 Å². The van der Waals surface area contributed by atoms with Crippen LogP contribution < -0.4 is 10.2 Å². The Morgan fingerprint density at radius 2 is 1.87 bits per heavy atom. The van der Waals surface area contributed by atoms with Crippen molar-refractivity contribution in [1.82, 2.24) is 5.32 Å². The number of ether oxygens (including phenoxy) is 1. The number of nitrogens with zero attached hydrogens (tertiary/aromatic N) is 1. The number of methoxy groups -OCH3 is 1. The first kappa shape index (κ1) is 29.4. The molecule has 39 heavy (non-hydrogen) atoms. The molecule has 1 fully saturated rings. The lowest BCUT2D eigenvalue weighted by molar-refractivity contribution is -0.164. The van der Waals surface area contributed by atoms with Gasteiger partial charge in [-0.1, -0.05) is 20.8 Å². The third-order valence-corrected chi connectivity index (χ3v) is 13.2. The summed E-state index contributed by atoms with van der Waals surface area (Å²) in [4.78, 5) is 27.5. The van der Waals surface area contributed by atoms with E-state index in [1.807, 2.05) is 4.90 Å². The first-order valence-electron chi connectivity index (χ1n) is 13.5. The number of alkyl halides is 3. The maximum absolute atomic E-state index is 13.4. The van der Waals surface area contributed by atoms with Crippen LogP contribution in [0, 0.1) is 5.92 Å². The Labute approximate surface area is 228 Å². The molecule has 1 amide bonds. The number of carbonyl (C=O) groups is 2. The van der Waals surface area contributed by atoms with Gasteiger partial charge in [0, 0.05) is 25.0 Å². The molecule has 0 atom stereocenters. The molecule has 216 valence electrons. The van der Waals surface area contributed by atoms with Crippen molar-refractivity contribution in [2.24, 2.45) is 5.92 Å². The van der Waals surface area contributed by atoms with E-state index in [4.69, 9.17) is 13.6 Å². The zero-order valence-electron chi connectivity index (χ0n) is 23.6. The molecule has 1 saturated carbocycles. The van der Waals surface area contributed by atoms with Gasteiger partial charge in [-0.3, -0.25) is 4.79 Å². The molecule has 11 heteroatoms. The molecule has 1 aliphatic carbocycles. The number of halogens is 3. The second-order valence-corrected chi connectivity index (χ2v) is 17.0. The Hall–Kier alpha value is -2.53. The van der Waals surface area contributed by atoms with Crippen LogP contribution in [0.3, 0.4) is 0 Å². The summed E-state index contributed by atoms with van der Waals surface area (Å²) < 4.78 is 57.9. The molecule has 0 spiro atoms. The number of hydrogen-bond acceptors (Lipinski definition) is 6. The van der Waals surface area contributed by atoms with E-state index in [0.717, 1.165) is 31.4 Å². The Morgan fingerprint density at radius 3 is 2.46 bits per heavy atom. The molecule has 1 N–H and O–H groups in total. The van der Waals surface area contributed by atoms with Crippen molar-refractivity contribution in [3.8, 4) is 0 Å². The fourth-order valence-electron chi connectivity index (χ4n) is 5.40. The molecule has 0 unspecified atom stereocenters. The number of hydrogen-bond donors (Lipinski definition) is 1. The van der Waals surface area contributed by atoms with Gasteiger partial charge in [-0.05, 0) is 74.4 Å². The summed E-state index contributed by atoms with van der Waals surface area (Å²) in [6.07, 6.45) is -1.08. The van der Waals surface area contributed by atoms with Gasteiger partial charge in [0.25, 0.3) is 5.91 Å². The van der Waals surface area contributed by atoms with Gasteiger partial charge in [0.2, 0.25) is 5.76 Å². The predicted molar refractivity (Wildman–Crippen MR) is 145 cm³/mol. The van der Waals surface area contributed by atoms with Gasteiger partial charge in [-0.15, -0.1) is 0 Å². The van der Waals surface area contributed by atoms with E-state index in [2.05, 4.69) is 39.2 Å². The molecule has 2 aliphatic rings. The van der Waals surface area contributed by atoms with Gasteiger partial charge in [0.15, 0.2) is 13.9 Å². The van der Waals surface area contributed by atoms with Crippen LogP contribution in [0.25, 0.3) is 11.0 Å². The van der Waals surface area contributed by atoms with E-state index in [1.165, 1.54) is 13.2 Å². The lowest BCUT2D eigenvalue weighted by Crippen LogP contribution is -2.55. The molecule has 2 heterocycles. The number of benzene rings is 1. The fraction of sp³-hybridized carbons (Fsp3) is 0.643. The number of amides is 1. The monoisotopic (exact) mass is 568 g/mol. The molecule has 4 rings (SSSR count). The number of nitrogens with one attached hydrogen (secondary N) is 1. The molecule has 1 aromatic heterocycles. The van der Waals surface area contributed by atoms with Crippen molar-refractivity contribution in [2.75, 3.05) is 31.6 Å². The maximum Gasteiger partial charge on any atom is 0.416 e. The van der Waals surface area contributed by atoms with Crippen LogP contribution >= 0.6 is 0 Å². The van der Waals surface area contributed by atoms with Gasteiger partial charge in [-0.2, -0.15) is 13.2 Å². The second kappa shape index (κ2) is 10.5. The highest BCUT2D eigenvalue weighted by atomic mass is 28.4. The SMILES string of the molecule is COC(=O)C1(O[Si](C)(C)C(C)(C)C)CCC(CCN2CCNC(=O)c3oc4ccc(C(F)(F)F)cc4c32)CC1. The third kappa shape index (κ3) is 5.84. The van der Waals surface area contributed by atoms with Crippen LogP contribution in [-0.4, -0.2) is 52.5 Å². The highest BCUT2D eigenvalue weighted by Crippen LogP contribution is 2.45. The minimum Gasteiger partial charge on any atom is -0.467 e. The number of rotatable bonds is 6. The Kier molecular flexibility index (Phi) is 7.90. The number of fused-ring (bicyclic) bond motifs is 3. The summed E-state index contributed by atoms with van der Waals surface area (Å²) in [5, 5.41) is 3.01. The Morgan fingerprint density at radius 1 is 1.21 bits per heavy atom. The molecule has 0 saturated heterocycles. The minimum atomic E-state index is -4.50. The number of carbonyl (C=O) groups excluding carboxylic acids is 2. The van der Waals surface area contributed by atoms with Crippen LogP contribution in [0.5, 0.6) is 0 Å². The summed E-state index contributed by atoms with van der Waals surface area (Å²) in [5.41, 5.74) is -1.07. The van der Waals surface area contributed by atoms with E-state index >= 15 is 0 Å². The van der Waals surface area contributed by atoms with Crippen LogP contribution in [-0.2, 0) is 20.1 Å². The summed E-state index contributed by atoms with van der Waals surface area (Å²) >= 11 is 0. The van der Waals surface area contributed by atoms with E-state index in [0.29, 0.717) is 44.1 Å². The molecule has 7 nitrogen and oxygen atoms in total. The molecule has 0 radical (unpaired) electrons. The van der Waals surface area contributed by atoms with Crippen molar-refractivity contribution in [2.45, 2.75) is 82.8 Å². The molecule has 1 aliphatic heterocycles. The van der Waals surface area contributed by atoms with Gasteiger partial charge in [0.1, 0.15) is 5.58 Å². The van der Waals surface area contributed by atoms with Crippen molar-refractivity contribution >= 4 is 36.9 Å². The largest absolute Gasteiger partial charge is 0.467 e. The van der Waals surface area contributed by atoms with Gasteiger partial charge in [-0.25, -0.2) is 4.79 Å². The van der Waals surface area contributed by atoms with Crippen molar-refractivity contribution in [3.05, 3.63) is 29.5 Å². The highest BCUT2D eigenvalue weighted by Gasteiger charge is 2.51. The summed E-state index contributed by atoms with van der Waals surface area (Å²) in [7, 11) is -0.838. The van der Waals surface area contributed by atoms with E-state index in [1.54, 1.807) is 0 Å². The van der Waals surface area contributed by atoms with Crippen LogP contribution in [0.2, 0.25) is 18.1 Å². The minimum absolute atomic E-state index is 0.0398. The molecular weight excluding hydrogens is 529 g/mol. The quantitative estimate of drug-likeness (QED) is 0.316. The fourth-order valence-corrected chi connectivity index (χ4v) is 6.97. The topological polar surface area (TPSA) is 81.0 Å². The zero-order valence-corrected chi connectivity index (χ0v) is 24.6. The van der Waals surface area contributed by atoms with E-state index < -0.39 is 31.6 Å². The van der Waals surface area contributed by atoms with E-state index in [-0.39, 0.29) is 27.7 Å². The Balaban J connectivity index is 1.52. The van der Waals surface area contributed by atoms with Gasteiger partial charge >= 0.3 is 12.1 Å². The molecule has 0 bridgehead atoms. The lowest BCUT2D eigenvalue weighted by atomic mass is 9.77. The molecule has 1 aromatic carbocycles. The predicted octanol–water partition coefficient (Wildman–Crippen LogP) is 6.52.